The van der Waals surface area contributed by atoms with Crippen molar-refractivity contribution in [2.24, 2.45) is 0 Å². The number of pyridine rings is 1. The van der Waals surface area contributed by atoms with Crippen molar-refractivity contribution in [3.05, 3.63) is 51.6 Å². The maximum absolute atomic E-state index is 12.8. The van der Waals surface area contributed by atoms with Gasteiger partial charge in [-0.05, 0) is 30.3 Å². The van der Waals surface area contributed by atoms with Gasteiger partial charge in [0.25, 0.3) is 0 Å². The first kappa shape index (κ1) is 15.6. The third-order valence-electron chi connectivity index (χ3n) is 2.57. The van der Waals surface area contributed by atoms with Gasteiger partial charge in [0, 0.05) is 10.6 Å². The Morgan fingerprint density at radius 3 is 2.38 bits per heavy atom. The van der Waals surface area contributed by atoms with E-state index in [9.17, 15) is 18.0 Å². The summed E-state index contributed by atoms with van der Waals surface area (Å²) in [6.45, 7) is 0. The predicted molar refractivity (Wildman–Crippen MR) is 71.7 cm³/mol. The average molecular weight is 336 g/mol. The molecule has 2 aromatic rings. The third-order valence-corrected chi connectivity index (χ3v) is 3.13. The van der Waals surface area contributed by atoms with Gasteiger partial charge in [-0.3, -0.25) is 0 Å². The summed E-state index contributed by atoms with van der Waals surface area (Å²) in [4.78, 5) is 14.4. The van der Waals surface area contributed by atoms with E-state index in [0.29, 0.717) is 6.07 Å². The predicted octanol–water partition coefficient (Wildman–Crippen LogP) is 4.77. The molecular weight excluding hydrogens is 330 g/mol. The Bertz CT molecular complexity index is 717. The molecule has 0 fully saturated rings. The molecule has 0 aliphatic rings. The maximum Gasteiger partial charge on any atom is 0.433 e. The second-order valence-corrected chi connectivity index (χ2v) is 4.90. The minimum absolute atomic E-state index is 0.113. The molecule has 0 saturated heterocycles. The van der Waals surface area contributed by atoms with Crippen molar-refractivity contribution in [2.45, 2.75) is 6.18 Å². The van der Waals surface area contributed by atoms with Crippen molar-refractivity contribution in [1.29, 1.82) is 0 Å². The second-order valence-electron chi connectivity index (χ2n) is 4.05. The molecule has 0 radical (unpaired) electrons. The summed E-state index contributed by atoms with van der Waals surface area (Å²) in [6.07, 6.45) is -4.77. The van der Waals surface area contributed by atoms with Gasteiger partial charge in [-0.25, -0.2) is 9.78 Å². The SMILES string of the molecule is O=C(O)c1cc(-c2cc(Cl)ccc2Cl)nc(C(F)(F)F)c1. The highest BCUT2D eigenvalue weighted by atomic mass is 35.5. The number of carbonyl (C=O) groups is 1. The van der Waals surface area contributed by atoms with Gasteiger partial charge in [0.05, 0.1) is 16.3 Å². The van der Waals surface area contributed by atoms with Crippen molar-refractivity contribution in [3.63, 3.8) is 0 Å². The molecule has 0 spiro atoms. The molecule has 21 heavy (non-hydrogen) atoms. The smallest absolute Gasteiger partial charge is 0.433 e. The molecular formula is C13H6Cl2F3NO2. The Balaban J connectivity index is 2.71. The molecule has 1 N–H and O–H groups in total. The lowest BCUT2D eigenvalue weighted by atomic mass is 10.1. The van der Waals surface area contributed by atoms with Crippen molar-refractivity contribution in [2.75, 3.05) is 0 Å². The van der Waals surface area contributed by atoms with E-state index in [1.807, 2.05) is 0 Å². The number of halogens is 5. The second kappa shape index (κ2) is 5.54. The molecule has 0 saturated carbocycles. The summed E-state index contributed by atoms with van der Waals surface area (Å²) in [5, 5.41) is 9.27. The van der Waals surface area contributed by atoms with E-state index in [4.69, 9.17) is 28.3 Å². The number of rotatable bonds is 2. The van der Waals surface area contributed by atoms with Crippen LogP contribution in [0.25, 0.3) is 11.3 Å². The van der Waals surface area contributed by atoms with E-state index in [0.717, 1.165) is 6.07 Å². The fourth-order valence-electron chi connectivity index (χ4n) is 1.63. The van der Waals surface area contributed by atoms with Crippen LogP contribution in [0.15, 0.2) is 30.3 Å². The van der Waals surface area contributed by atoms with E-state index >= 15 is 0 Å². The highest BCUT2D eigenvalue weighted by molar-refractivity contribution is 6.35. The zero-order valence-corrected chi connectivity index (χ0v) is 11.6. The molecule has 1 aromatic carbocycles. The highest BCUT2D eigenvalue weighted by Crippen LogP contribution is 2.34. The van der Waals surface area contributed by atoms with Crippen molar-refractivity contribution in [3.8, 4) is 11.3 Å². The summed E-state index contributed by atoms with van der Waals surface area (Å²) >= 11 is 11.7. The van der Waals surface area contributed by atoms with Crippen LogP contribution in [0.2, 0.25) is 10.0 Å². The standard InChI is InChI=1S/C13H6Cl2F3NO2/c14-7-1-2-9(15)8(5-7)10-3-6(12(20)21)4-11(19-10)13(16,17)18/h1-5H,(H,20,21). The Morgan fingerprint density at radius 1 is 1.14 bits per heavy atom. The summed E-state index contributed by atoms with van der Waals surface area (Å²) in [7, 11) is 0. The van der Waals surface area contributed by atoms with Gasteiger partial charge in [0.1, 0.15) is 5.69 Å². The molecule has 0 bridgehead atoms. The van der Waals surface area contributed by atoms with E-state index < -0.39 is 23.4 Å². The number of benzene rings is 1. The number of nitrogens with zero attached hydrogens (tertiary/aromatic N) is 1. The Morgan fingerprint density at radius 2 is 1.81 bits per heavy atom. The maximum atomic E-state index is 12.8. The normalized spacial score (nSPS) is 11.5. The van der Waals surface area contributed by atoms with Crippen LogP contribution < -0.4 is 0 Å². The molecule has 0 amide bonds. The first-order chi connectivity index (χ1) is 9.68. The number of aromatic carboxylic acids is 1. The zero-order valence-electron chi connectivity index (χ0n) is 10.1. The molecule has 1 aromatic heterocycles. The molecule has 8 heteroatoms. The van der Waals surface area contributed by atoms with Crippen LogP contribution in [0, 0.1) is 0 Å². The minimum atomic E-state index is -4.77. The quantitative estimate of drug-likeness (QED) is 0.859. The first-order valence-electron chi connectivity index (χ1n) is 5.46. The van der Waals surface area contributed by atoms with Gasteiger partial charge >= 0.3 is 12.1 Å². The first-order valence-corrected chi connectivity index (χ1v) is 6.22. The van der Waals surface area contributed by atoms with Gasteiger partial charge in [-0.15, -0.1) is 0 Å². The summed E-state index contributed by atoms with van der Waals surface area (Å²) in [6, 6.07) is 5.64. The van der Waals surface area contributed by atoms with Crippen LogP contribution >= 0.6 is 23.2 Å². The van der Waals surface area contributed by atoms with Crippen molar-refractivity contribution >= 4 is 29.2 Å². The molecule has 0 aliphatic heterocycles. The van der Waals surface area contributed by atoms with Gasteiger partial charge in [0.15, 0.2) is 0 Å². The van der Waals surface area contributed by atoms with Crippen LogP contribution in [-0.2, 0) is 6.18 Å². The lowest BCUT2D eigenvalue weighted by molar-refractivity contribution is -0.141. The molecule has 0 aliphatic carbocycles. The van der Waals surface area contributed by atoms with Gasteiger partial charge < -0.3 is 5.11 Å². The lowest BCUT2D eigenvalue weighted by Gasteiger charge is -2.11. The van der Waals surface area contributed by atoms with Gasteiger partial charge in [-0.1, -0.05) is 23.2 Å². The Kier molecular flexibility index (Phi) is 4.11. The molecule has 110 valence electrons. The fourth-order valence-corrected chi connectivity index (χ4v) is 2.02. The Hall–Kier alpha value is -1.79. The van der Waals surface area contributed by atoms with Crippen molar-refractivity contribution in [1.82, 2.24) is 4.98 Å². The van der Waals surface area contributed by atoms with Crippen molar-refractivity contribution < 1.29 is 23.1 Å². The minimum Gasteiger partial charge on any atom is -0.478 e. The molecule has 2 rings (SSSR count). The summed E-state index contributed by atoms with van der Waals surface area (Å²) in [5.74, 6) is -1.50. The zero-order chi connectivity index (χ0) is 15.8. The average Bonchev–Trinajstić information content (AvgIpc) is 2.40. The molecule has 1 heterocycles. The Labute approximate surface area is 126 Å². The molecule has 0 atom stereocenters. The van der Waals surface area contributed by atoms with Crippen LogP contribution in [0.4, 0.5) is 13.2 Å². The highest BCUT2D eigenvalue weighted by Gasteiger charge is 2.34. The van der Waals surface area contributed by atoms with E-state index in [2.05, 4.69) is 4.98 Å². The number of carboxylic acids is 1. The van der Waals surface area contributed by atoms with Crippen LogP contribution in [-0.4, -0.2) is 16.1 Å². The fraction of sp³-hybridized carbons (Fsp3) is 0.0769. The lowest BCUT2D eigenvalue weighted by Crippen LogP contribution is -2.11. The molecule has 3 nitrogen and oxygen atoms in total. The number of hydrogen-bond acceptors (Lipinski definition) is 2. The van der Waals surface area contributed by atoms with Crippen LogP contribution in [0.5, 0.6) is 0 Å². The van der Waals surface area contributed by atoms with Gasteiger partial charge in [0.2, 0.25) is 0 Å². The number of hydrogen-bond donors (Lipinski definition) is 1. The summed E-state index contributed by atoms with van der Waals surface area (Å²) < 4.78 is 38.4. The van der Waals surface area contributed by atoms with Crippen LogP contribution in [0.3, 0.4) is 0 Å². The largest absolute Gasteiger partial charge is 0.478 e. The summed E-state index contributed by atoms with van der Waals surface area (Å²) in [5.41, 5.74) is -1.94. The topological polar surface area (TPSA) is 50.2 Å². The third kappa shape index (κ3) is 3.46. The van der Waals surface area contributed by atoms with E-state index in [1.54, 1.807) is 0 Å². The molecule has 0 unspecified atom stereocenters. The monoisotopic (exact) mass is 335 g/mol. The van der Waals surface area contributed by atoms with E-state index in [1.165, 1.54) is 18.2 Å². The van der Waals surface area contributed by atoms with Crippen LogP contribution in [0.1, 0.15) is 16.1 Å². The van der Waals surface area contributed by atoms with E-state index in [-0.39, 0.29) is 21.3 Å². The van der Waals surface area contributed by atoms with Gasteiger partial charge in [-0.2, -0.15) is 13.2 Å². The number of alkyl halides is 3. The number of carboxylic acid groups (broad SMARTS) is 1. The number of aromatic nitrogens is 1.